The molecule has 6 heteroatoms. The number of alkyl halides is 3. The molecule has 0 aliphatic rings. The average Bonchev–Trinajstić information content (AvgIpc) is 2.34. The molecule has 68 valence electrons. The van der Waals surface area contributed by atoms with Gasteiger partial charge in [-0.3, -0.25) is 0 Å². The standard InChI is InChI=1S/C6H8Cl3N3/c7-6(8,9)5-11-2-4-12(5)3-1-10/h2,4H,1,3,10H2. The fourth-order valence-corrected chi connectivity index (χ4v) is 1.36. The van der Waals surface area contributed by atoms with Crippen molar-refractivity contribution in [3.05, 3.63) is 18.2 Å². The van der Waals surface area contributed by atoms with Crippen LogP contribution in [0.1, 0.15) is 5.82 Å². The lowest BCUT2D eigenvalue weighted by Crippen LogP contribution is -2.16. The molecule has 0 aliphatic carbocycles. The second-order valence-corrected chi connectivity index (χ2v) is 4.51. The van der Waals surface area contributed by atoms with Crippen LogP contribution in [-0.4, -0.2) is 16.1 Å². The molecule has 1 aromatic rings. The topological polar surface area (TPSA) is 43.8 Å². The second kappa shape index (κ2) is 3.83. The Morgan fingerprint density at radius 2 is 2.17 bits per heavy atom. The smallest absolute Gasteiger partial charge is 0.248 e. The Kier molecular flexibility index (Phi) is 3.23. The van der Waals surface area contributed by atoms with Crippen LogP contribution in [0.25, 0.3) is 0 Å². The van der Waals surface area contributed by atoms with Crippen LogP contribution >= 0.6 is 34.8 Å². The number of imidazole rings is 1. The third-order valence-electron chi connectivity index (χ3n) is 1.34. The Balaban J connectivity index is 2.91. The molecule has 0 unspecified atom stereocenters. The van der Waals surface area contributed by atoms with Gasteiger partial charge in [-0.2, -0.15) is 0 Å². The van der Waals surface area contributed by atoms with E-state index in [0.717, 1.165) is 0 Å². The van der Waals surface area contributed by atoms with Crippen molar-refractivity contribution in [1.29, 1.82) is 0 Å². The van der Waals surface area contributed by atoms with E-state index in [-0.39, 0.29) is 0 Å². The molecule has 0 bridgehead atoms. The molecule has 0 atom stereocenters. The lowest BCUT2D eigenvalue weighted by molar-refractivity contribution is 0.669. The summed E-state index contributed by atoms with van der Waals surface area (Å²) in [4.78, 5) is 3.92. The van der Waals surface area contributed by atoms with Crippen molar-refractivity contribution in [2.24, 2.45) is 5.73 Å². The van der Waals surface area contributed by atoms with Crippen molar-refractivity contribution < 1.29 is 0 Å². The highest BCUT2D eigenvalue weighted by Gasteiger charge is 2.27. The molecule has 3 nitrogen and oxygen atoms in total. The van der Waals surface area contributed by atoms with Gasteiger partial charge in [0, 0.05) is 25.5 Å². The van der Waals surface area contributed by atoms with E-state index in [2.05, 4.69) is 4.98 Å². The summed E-state index contributed by atoms with van der Waals surface area (Å²) < 4.78 is 0.242. The van der Waals surface area contributed by atoms with E-state index in [1.165, 1.54) is 0 Å². The second-order valence-electron chi connectivity index (χ2n) is 2.23. The lowest BCUT2D eigenvalue weighted by atomic mass is 10.6. The van der Waals surface area contributed by atoms with Crippen LogP contribution in [0.3, 0.4) is 0 Å². The Bertz CT molecular complexity index is 253. The minimum atomic E-state index is -1.47. The molecule has 0 saturated carbocycles. The van der Waals surface area contributed by atoms with Crippen LogP contribution in [0.5, 0.6) is 0 Å². The van der Waals surface area contributed by atoms with Crippen molar-refractivity contribution in [3.8, 4) is 0 Å². The van der Waals surface area contributed by atoms with Crippen LogP contribution in [0, 0.1) is 0 Å². The van der Waals surface area contributed by atoms with Crippen molar-refractivity contribution in [1.82, 2.24) is 9.55 Å². The Labute approximate surface area is 85.4 Å². The molecule has 1 heterocycles. The first-order valence-electron chi connectivity index (χ1n) is 3.34. The maximum absolute atomic E-state index is 5.65. The Hall–Kier alpha value is 0.0400. The number of hydrogen-bond acceptors (Lipinski definition) is 2. The monoisotopic (exact) mass is 227 g/mol. The van der Waals surface area contributed by atoms with Crippen molar-refractivity contribution in [2.75, 3.05) is 6.54 Å². The zero-order valence-corrected chi connectivity index (χ0v) is 8.44. The van der Waals surface area contributed by atoms with E-state index in [1.54, 1.807) is 17.0 Å². The number of aromatic nitrogens is 2. The number of rotatable bonds is 2. The quantitative estimate of drug-likeness (QED) is 0.783. The Morgan fingerprint density at radius 3 is 2.67 bits per heavy atom. The predicted molar refractivity (Wildman–Crippen MR) is 50.5 cm³/mol. The summed E-state index contributed by atoms with van der Waals surface area (Å²) in [5.74, 6) is 0.401. The summed E-state index contributed by atoms with van der Waals surface area (Å²) in [5.41, 5.74) is 5.35. The number of nitrogens with two attached hydrogens (primary N) is 1. The summed E-state index contributed by atoms with van der Waals surface area (Å²) in [6, 6.07) is 0. The minimum absolute atomic E-state index is 0.401. The summed E-state index contributed by atoms with van der Waals surface area (Å²) in [6.07, 6.45) is 3.30. The summed E-state index contributed by atoms with van der Waals surface area (Å²) in [7, 11) is 0. The highest BCUT2D eigenvalue weighted by atomic mass is 35.6. The van der Waals surface area contributed by atoms with Crippen LogP contribution in [0.2, 0.25) is 0 Å². The molecule has 1 aromatic heterocycles. The largest absolute Gasteiger partial charge is 0.330 e. The van der Waals surface area contributed by atoms with E-state index in [0.29, 0.717) is 18.9 Å². The van der Waals surface area contributed by atoms with Gasteiger partial charge in [0.05, 0.1) is 0 Å². The maximum Gasteiger partial charge on any atom is 0.248 e. The first-order valence-corrected chi connectivity index (χ1v) is 4.47. The van der Waals surface area contributed by atoms with Gasteiger partial charge < -0.3 is 10.3 Å². The van der Waals surface area contributed by atoms with Gasteiger partial charge in [-0.1, -0.05) is 34.8 Å². The molecule has 1 rings (SSSR count). The molecule has 0 amide bonds. The molecule has 0 aliphatic heterocycles. The van der Waals surface area contributed by atoms with Crippen LogP contribution in [0.15, 0.2) is 12.4 Å². The van der Waals surface area contributed by atoms with Gasteiger partial charge in [0.15, 0.2) is 5.82 Å². The van der Waals surface area contributed by atoms with Gasteiger partial charge in [-0.25, -0.2) is 4.98 Å². The molecule has 0 saturated heterocycles. The zero-order valence-electron chi connectivity index (χ0n) is 6.17. The van der Waals surface area contributed by atoms with Crippen LogP contribution in [0.4, 0.5) is 0 Å². The summed E-state index contributed by atoms with van der Waals surface area (Å²) in [5, 5.41) is 0. The molecular formula is C6H8Cl3N3. The number of nitrogens with zero attached hydrogens (tertiary/aromatic N) is 2. The van der Waals surface area contributed by atoms with Gasteiger partial charge in [0.25, 0.3) is 0 Å². The van der Waals surface area contributed by atoms with Crippen LogP contribution < -0.4 is 5.73 Å². The summed E-state index contributed by atoms with van der Waals surface area (Å²) in [6.45, 7) is 1.09. The lowest BCUT2D eigenvalue weighted by Gasteiger charge is -2.12. The van der Waals surface area contributed by atoms with Crippen LogP contribution in [-0.2, 0) is 10.3 Å². The minimum Gasteiger partial charge on any atom is -0.330 e. The average molecular weight is 229 g/mol. The first kappa shape index (κ1) is 10.1. The Morgan fingerprint density at radius 1 is 1.50 bits per heavy atom. The van der Waals surface area contributed by atoms with E-state index < -0.39 is 3.79 Å². The third-order valence-corrected chi connectivity index (χ3v) is 1.85. The molecule has 12 heavy (non-hydrogen) atoms. The van der Waals surface area contributed by atoms with Gasteiger partial charge in [-0.05, 0) is 0 Å². The predicted octanol–water partition coefficient (Wildman–Crippen LogP) is 1.67. The molecular weight excluding hydrogens is 220 g/mol. The van der Waals surface area contributed by atoms with E-state index in [9.17, 15) is 0 Å². The van der Waals surface area contributed by atoms with Crippen molar-refractivity contribution in [2.45, 2.75) is 10.3 Å². The van der Waals surface area contributed by atoms with Gasteiger partial charge >= 0.3 is 0 Å². The first-order chi connectivity index (χ1) is 5.55. The highest BCUT2D eigenvalue weighted by molar-refractivity contribution is 6.66. The zero-order chi connectivity index (χ0) is 9.19. The van der Waals surface area contributed by atoms with Crippen molar-refractivity contribution in [3.63, 3.8) is 0 Å². The van der Waals surface area contributed by atoms with Gasteiger partial charge in [-0.15, -0.1) is 0 Å². The van der Waals surface area contributed by atoms with Gasteiger partial charge in [0.2, 0.25) is 3.79 Å². The fraction of sp³-hybridized carbons (Fsp3) is 0.500. The normalized spacial score (nSPS) is 12.0. The van der Waals surface area contributed by atoms with E-state index >= 15 is 0 Å². The molecule has 0 radical (unpaired) electrons. The fourth-order valence-electron chi connectivity index (χ4n) is 0.885. The maximum atomic E-state index is 5.65. The molecule has 0 aromatic carbocycles. The van der Waals surface area contributed by atoms with E-state index in [4.69, 9.17) is 40.5 Å². The highest BCUT2D eigenvalue weighted by Crippen LogP contribution is 2.36. The molecule has 0 spiro atoms. The third kappa shape index (κ3) is 2.26. The number of halogens is 3. The van der Waals surface area contributed by atoms with Crippen molar-refractivity contribution >= 4 is 34.8 Å². The number of hydrogen-bond donors (Lipinski definition) is 1. The van der Waals surface area contributed by atoms with E-state index in [1.807, 2.05) is 0 Å². The SMILES string of the molecule is NCCn1ccnc1C(Cl)(Cl)Cl. The molecule has 2 N–H and O–H groups in total. The molecule has 0 fully saturated rings. The van der Waals surface area contributed by atoms with Gasteiger partial charge in [0.1, 0.15) is 0 Å². The summed E-state index contributed by atoms with van der Waals surface area (Å²) >= 11 is 16.9.